The summed E-state index contributed by atoms with van der Waals surface area (Å²) in [6, 6.07) is 5.76. The molecule has 0 N–H and O–H groups in total. The number of hydrogen-bond acceptors (Lipinski definition) is 4. The SMILES string of the molecule is N#CCc1nc(-c2ccc(F)cc2Cl)no1. The Balaban J connectivity index is 2.39. The highest BCUT2D eigenvalue weighted by Crippen LogP contribution is 2.26. The molecule has 4 nitrogen and oxygen atoms in total. The Labute approximate surface area is 95.3 Å². The molecule has 0 unspecified atom stereocenters. The molecule has 16 heavy (non-hydrogen) atoms. The largest absolute Gasteiger partial charge is 0.338 e. The van der Waals surface area contributed by atoms with Gasteiger partial charge in [-0.05, 0) is 18.2 Å². The molecule has 0 bridgehead atoms. The lowest BCUT2D eigenvalue weighted by Crippen LogP contribution is -1.85. The second-order valence-corrected chi connectivity index (χ2v) is 3.38. The van der Waals surface area contributed by atoms with Crippen molar-refractivity contribution in [3.8, 4) is 17.5 Å². The van der Waals surface area contributed by atoms with Gasteiger partial charge in [0.2, 0.25) is 11.7 Å². The Kier molecular flexibility index (Phi) is 2.84. The second-order valence-electron chi connectivity index (χ2n) is 2.97. The Morgan fingerprint density at radius 3 is 3.00 bits per heavy atom. The van der Waals surface area contributed by atoms with E-state index in [1.165, 1.54) is 12.1 Å². The maximum atomic E-state index is 12.8. The van der Waals surface area contributed by atoms with Crippen LogP contribution in [0.2, 0.25) is 5.02 Å². The van der Waals surface area contributed by atoms with Gasteiger partial charge < -0.3 is 4.52 Å². The highest BCUT2D eigenvalue weighted by atomic mass is 35.5. The van der Waals surface area contributed by atoms with Gasteiger partial charge in [-0.1, -0.05) is 16.8 Å². The van der Waals surface area contributed by atoms with Gasteiger partial charge in [0.15, 0.2) is 0 Å². The molecule has 0 radical (unpaired) electrons. The van der Waals surface area contributed by atoms with Gasteiger partial charge in [0.05, 0.1) is 11.1 Å². The molecule has 0 aliphatic rings. The fourth-order valence-electron chi connectivity index (χ4n) is 1.17. The van der Waals surface area contributed by atoms with E-state index >= 15 is 0 Å². The Bertz CT molecular complexity index is 561. The number of nitriles is 1. The van der Waals surface area contributed by atoms with Gasteiger partial charge in [-0.25, -0.2) is 4.39 Å². The third-order valence-electron chi connectivity index (χ3n) is 1.87. The number of rotatable bonds is 2. The van der Waals surface area contributed by atoms with Crippen LogP contribution in [-0.4, -0.2) is 10.1 Å². The van der Waals surface area contributed by atoms with Gasteiger partial charge in [0.1, 0.15) is 12.2 Å². The molecule has 0 aliphatic carbocycles. The van der Waals surface area contributed by atoms with Crippen LogP contribution < -0.4 is 0 Å². The van der Waals surface area contributed by atoms with Gasteiger partial charge in [-0.2, -0.15) is 10.2 Å². The summed E-state index contributed by atoms with van der Waals surface area (Å²) in [5, 5.41) is 12.3. The van der Waals surface area contributed by atoms with E-state index < -0.39 is 5.82 Å². The minimum absolute atomic E-state index is 0.0335. The topological polar surface area (TPSA) is 62.7 Å². The van der Waals surface area contributed by atoms with Gasteiger partial charge in [-0.15, -0.1) is 0 Å². The first-order valence-electron chi connectivity index (χ1n) is 4.35. The lowest BCUT2D eigenvalue weighted by atomic mass is 10.2. The molecule has 6 heteroatoms. The lowest BCUT2D eigenvalue weighted by molar-refractivity contribution is 0.388. The standard InChI is InChI=1S/C10H5ClFN3O/c11-8-5-6(12)1-2-7(8)10-14-9(3-4-13)16-15-10/h1-2,5H,3H2. The molecule has 0 aliphatic heterocycles. The molecule has 0 amide bonds. The zero-order valence-electron chi connectivity index (χ0n) is 7.94. The van der Waals surface area contributed by atoms with E-state index in [9.17, 15) is 4.39 Å². The molecule has 0 saturated heterocycles. The highest BCUT2D eigenvalue weighted by molar-refractivity contribution is 6.33. The van der Waals surface area contributed by atoms with Gasteiger partial charge in [0, 0.05) is 5.56 Å². The van der Waals surface area contributed by atoms with Crippen LogP contribution in [0.5, 0.6) is 0 Å². The summed E-state index contributed by atoms with van der Waals surface area (Å²) in [7, 11) is 0. The van der Waals surface area contributed by atoms with Crippen LogP contribution in [0.1, 0.15) is 5.89 Å². The molecular weight excluding hydrogens is 233 g/mol. The first-order valence-corrected chi connectivity index (χ1v) is 4.73. The monoisotopic (exact) mass is 237 g/mol. The van der Waals surface area contributed by atoms with E-state index in [4.69, 9.17) is 21.4 Å². The molecular formula is C10H5ClFN3O. The minimum Gasteiger partial charge on any atom is -0.338 e. The van der Waals surface area contributed by atoms with Crippen molar-refractivity contribution < 1.29 is 8.91 Å². The number of hydrogen-bond donors (Lipinski definition) is 0. The minimum atomic E-state index is -0.436. The van der Waals surface area contributed by atoms with Crippen LogP contribution in [0, 0.1) is 17.1 Å². The quantitative estimate of drug-likeness (QED) is 0.805. The molecule has 0 spiro atoms. The summed E-state index contributed by atoms with van der Waals surface area (Å²) in [6.45, 7) is 0. The van der Waals surface area contributed by atoms with Crippen LogP contribution in [0.25, 0.3) is 11.4 Å². The Hall–Kier alpha value is -1.93. The van der Waals surface area contributed by atoms with Gasteiger partial charge >= 0.3 is 0 Å². The van der Waals surface area contributed by atoms with Crippen LogP contribution in [0.4, 0.5) is 4.39 Å². The summed E-state index contributed by atoms with van der Waals surface area (Å²) in [4.78, 5) is 3.95. The summed E-state index contributed by atoms with van der Waals surface area (Å²) < 4.78 is 17.6. The molecule has 1 heterocycles. The molecule has 0 atom stereocenters. The number of nitrogens with zero attached hydrogens (tertiary/aromatic N) is 3. The predicted molar refractivity (Wildman–Crippen MR) is 54.0 cm³/mol. The van der Waals surface area contributed by atoms with E-state index in [2.05, 4.69) is 10.1 Å². The Morgan fingerprint density at radius 1 is 1.50 bits per heavy atom. The van der Waals surface area contributed by atoms with Gasteiger partial charge in [-0.3, -0.25) is 0 Å². The molecule has 0 saturated carbocycles. The zero-order chi connectivity index (χ0) is 11.5. The third kappa shape index (κ3) is 2.02. The van der Waals surface area contributed by atoms with Crippen LogP contribution in [0.3, 0.4) is 0 Å². The smallest absolute Gasteiger partial charge is 0.241 e. The molecule has 2 rings (SSSR count). The highest BCUT2D eigenvalue weighted by Gasteiger charge is 2.11. The average Bonchev–Trinajstić information content (AvgIpc) is 2.67. The van der Waals surface area contributed by atoms with Gasteiger partial charge in [0.25, 0.3) is 0 Å². The van der Waals surface area contributed by atoms with Crippen molar-refractivity contribution in [2.45, 2.75) is 6.42 Å². The summed E-state index contributed by atoms with van der Waals surface area (Å²) in [5.41, 5.74) is 0.469. The number of benzene rings is 1. The molecule has 2 aromatic rings. The van der Waals surface area contributed by atoms with Crippen LogP contribution in [0.15, 0.2) is 22.7 Å². The van der Waals surface area contributed by atoms with Crippen LogP contribution in [-0.2, 0) is 6.42 Å². The Morgan fingerprint density at radius 2 is 2.31 bits per heavy atom. The van der Waals surface area contributed by atoms with Crippen molar-refractivity contribution in [1.29, 1.82) is 5.26 Å². The third-order valence-corrected chi connectivity index (χ3v) is 2.18. The maximum Gasteiger partial charge on any atom is 0.241 e. The molecule has 80 valence electrons. The second kappa shape index (κ2) is 4.29. The van der Waals surface area contributed by atoms with Crippen molar-refractivity contribution in [3.05, 3.63) is 34.9 Å². The fraction of sp³-hybridized carbons (Fsp3) is 0.100. The van der Waals surface area contributed by atoms with E-state index in [0.717, 1.165) is 6.07 Å². The van der Waals surface area contributed by atoms with Crippen molar-refractivity contribution in [2.24, 2.45) is 0 Å². The number of aromatic nitrogens is 2. The summed E-state index contributed by atoms with van der Waals surface area (Å²) >= 11 is 5.82. The number of halogens is 2. The lowest BCUT2D eigenvalue weighted by Gasteiger charge is -1.97. The zero-order valence-corrected chi connectivity index (χ0v) is 8.70. The summed E-state index contributed by atoms with van der Waals surface area (Å²) in [5.74, 6) is 0.0163. The molecule has 0 fully saturated rings. The average molecular weight is 238 g/mol. The van der Waals surface area contributed by atoms with Crippen molar-refractivity contribution in [2.75, 3.05) is 0 Å². The molecule has 1 aromatic carbocycles. The molecule has 1 aromatic heterocycles. The van der Waals surface area contributed by atoms with Crippen molar-refractivity contribution >= 4 is 11.6 Å². The first-order chi connectivity index (χ1) is 7.70. The summed E-state index contributed by atoms with van der Waals surface area (Å²) in [6.07, 6.45) is 0.0335. The van der Waals surface area contributed by atoms with Crippen molar-refractivity contribution in [1.82, 2.24) is 10.1 Å². The van der Waals surface area contributed by atoms with E-state index in [1.54, 1.807) is 0 Å². The van der Waals surface area contributed by atoms with E-state index in [0.29, 0.717) is 5.56 Å². The van der Waals surface area contributed by atoms with Crippen LogP contribution >= 0.6 is 11.6 Å². The van der Waals surface area contributed by atoms with Crippen molar-refractivity contribution in [3.63, 3.8) is 0 Å². The normalized spacial score (nSPS) is 10.1. The predicted octanol–water partition coefficient (Wildman–Crippen LogP) is 2.60. The first kappa shape index (κ1) is 10.6. The maximum absolute atomic E-state index is 12.8. The van der Waals surface area contributed by atoms with E-state index in [-0.39, 0.29) is 23.2 Å². The van der Waals surface area contributed by atoms with E-state index in [1.807, 2.05) is 6.07 Å². The fourth-order valence-corrected chi connectivity index (χ4v) is 1.43.